The molecule has 1 aromatic carbocycles. The zero-order valence-electron chi connectivity index (χ0n) is 12.7. The number of benzene rings is 1. The maximum absolute atomic E-state index is 12.4. The van der Waals surface area contributed by atoms with Gasteiger partial charge in [-0.15, -0.1) is 0 Å². The minimum Gasteiger partial charge on any atom is -0.382 e. The molecule has 1 aliphatic heterocycles. The van der Waals surface area contributed by atoms with Gasteiger partial charge in [-0.2, -0.15) is 0 Å². The first kappa shape index (κ1) is 15.9. The van der Waals surface area contributed by atoms with Crippen molar-refractivity contribution < 1.29 is 14.3 Å². The molecule has 2 rings (SSSR count). The van der Waals surface area contributed by atoms with Crippen molar-refractivity contribution in [1.29, 1.82) is 0 Å². The maximum atomic E-state index is 12.4. The third-order valence-electron chi connectivity index (χ3n) is 3.68. The Bertz CT molecular complexity index is 438. The van der Waals surface area contributed by atoms with Crippen molar-refractivity contribution in [2.24, 2.45) is 0 Å². The van der Waals surface area contributed by atoms with E-state index >= 15 is 0 Å². The Labute approximate surface area is 126 Å². The van der Waals surface area contributed by atoms with E-state index in [1.807, 2.05) is 42.2 Å². The van der Waals surface area contributed by atoms with E-state index in [1.54, 1.807) is 7.11 Å². The van der Waals surface area contributed by atoms with Crippen LogP contribution < -0.4 is 5.32 Å². The second kappa shape index (κ2) is 8.12. The number of carbonyl (C=O) groups excluding carboxylic acids is 1. The van der Waals surface area contributed by atoms with Crippen LogP contribution in [0.15, 0.2) is 30.3 Å². The van der Waals surface area contributed by atoms with Gasteiger partial charge in [0.15, 0.2) is 0 Å². The molecule has 5 heteroatoms. The molecule has 2 unspecified atom stereocenters. The van der Waals surface area contributed by atoms with Crippen LogP contribution in [0.5, 0.6) is 0 Å². The van der Waals surface area contributed by atoms with Crippen LogP contribution in [-0.4, -0.2) is 50.3 Å². The summed E-state index contributed by atoms with van der Waals surface area (Å²) in [6.45, 7) is 4.27. The average Bonchev–Trinajstić information content (AvgIpc) is 2.84. The van der Waals surface area contributed by atoms with Gasteiger partial charge in [0.1, 0.15) is 6.17 Å². The summed E-state index contributed by atoms with van der Waals surface area (Å²) in [5.74, 6) is 0.154. The van der Waals surface area contributed by atoms with Crippen LogP contribution in [0.4, 0.5) is 0 Å². The summed E-state index contributed by atoms with van der Waals surface area (Å²) >= 11 is 0. The first-order valence-electron chi connectivity index (χ1n) is 7.46. The first-order chi connectivity index (χ1) is 10.3. The smallest absolute Gasteiger partial charge is 0.241 e. The van der Waals surface area contributed by atoms with E-state index < -0.39 is 0 Å². The highest BCUT2D eigenvalue weighted by atomic mass is 16.5. The van der Waals surface area contributed by atoms with E-state index in [0.29, 0.717) is 26.4 Å². The third-order valence-corrected chi connectivity index (χ3v) is 3.68. The Morgan fingerprint density at radius 3 is 2.62 bits per heavy atom. The van der Waals surface area contributed by atoms with Crippen molar-refractivity contribution in [1.82, 2.24) is 10.2 Å². The molecule has 0 aromatic heterocycles. The number of nitrogens with zero attached hydrogens (tertiary/aromatic N) is 1. The monoisotopic (exact) mass is 292 g/mol. The summed E-state index contributed by atoms with van der Waals surface area (Å²) in [6, 6.07) is 9.95. The second-order valence-electron chi connectivity index (χ2n) is 5.08. The Morgan fingerprint density at radius 2 is 1.95 bits per heavy atom. The molecular formula is C16H24N2O3. The number of hydrogen-bond acceptors (Lipinski definition) is 4. The number of ether oxygens (including phenoxy) is 2. The quantitative estimate of drug-likeness (QED) is 0.739. The lowest BCUT2D eigenvalue weighted by atomic mass is 10.1. The van der Waals surface area contributed by atoms with Gasteiger partial charge < -0.3 is 14.4 Å². The molecule has 0 bridgehead atoms. The summed E-state index contributed by atoms with van der Waals surface area (Å²) in [7, 11) is 1.65. The number of carbonyl (C=O) groups is 1. The van der Waals surface area contributed by atoms with Crippen LogP contribution in [0, 0.1) is 0 Å². The van der Waals surface area contributed by atoms with Gasteiger partial charge in [-0.3, -0.25) is 10.1 Å². The van der Waals surface area contributed by atoms with Crippen molar-refractivity contribution in [3.8, 4) is 0 Å². The lowest BCUT2D eigenvalue weighted by Crippen LogP contribution is -2.34. The Kier molecular flexibility index (Phi) is 6.17. The van der Waals surface area contributed by atoms with E-state index in [1.165, 1.54) is 0 Å². The molecule has 1 aliphatic rings. The van der Waals surface area contributed by atoms with Gasteiger partial charge in [-0.05, 0) is 12.0 Å². The van der Waals surface area contributed by atoms with E-state index in [0.717, 1.165) is 12.0 Å². The molecule has 0 aliphatic carbocycles. The lowest BCUT2D eigenvalue weighted by Gasteiger charge is -2.24. The van der Waals surface area contributed by atoms with Crippen LogP contribution in [-0.2, 0) is 14.3 Å². The van der Waals surface area contributed by atoms with Crippen LogP contribution in [0.2, 0.25) is 0 Å². The predicted octanol–water partition coefficient (Wildman–Crippen LogP) is 1.56. The number of amides is 1. The standard InChI is InChI=1S/C16H24N2O3/c1-3-14-16(19)18(9-10-21-12-11-20-2)15(17-14)13-7-5-4-6-8-13/h4-8,14-15,17H,3,9-12H2,1-2H3. The molecule has 1 saturated heterocycles. The molecule has 2 atom stereocenters. The molecular weight excluding hydrogens is 268 g/mol. The molecule has 5 nitrogen and oxygen atoms in total. The maximum Gasteiger partial charge on any atom is 0.241 e. The van der Waals surface area contributed by atoms with Crippen molar-refractivity contribution in [3.05, 3.63) is 35.9 Å². The summed E-state index contributed by atoms with van der Waals surface area (Å²) < 4.78 is 10.4. The fourth-order valence-electron chi connectivity index (χ4n) is 2.53. The van der Waals surface area contributed by atoms with Gasteiger partial charge >= 0.3 is 0 Å². The van der Waals surface area contributed by atoms with Crippen LogP contribution >= 0.6 is 0 Å². The van der Waals surface area contributed by atoms with Gasteiger partial charge in [-0.1, -0.05) is 37.3 Å². The molecule has 0 saturated carbocycles. The van der Waals surface area contributed by atoms with Crippen molar-refractivity contribution >= 4 is 5.91 Å². The minimum absolute atomic E-state index is 0.0605. The largest absolute Gasteiger partial charge is 0.382 e. The van der Waals surface area contributed by atoms with E-state index in [4.69, 9.17) is 9.47 Å². The molecule has 0 radical (unpaired) electrons. The normalized spacial score (nSPS) is 22.0. The summed E-state index contributed by atoms with van der Waals surface area (Å²) in [5.41, 5.74) is 1.11. The fourth-order valence-corrected chi connectivity index (χ4v) is 2.53. The Balaban J connectivity index is 1.98. The van der Waals surface area contributed by atoms with Crippen LogP contribution in [0.1, 0.15) is 25.1 Å². The molecule has 1 aromatic rings. The van der Waals surface area contributed by atoms with Gasteiger partial charge in [0.05, 0.1) is 25.9 Å². The minimum atomic E-state index is -0.103. The zero-order chi connectivity index (χ0) is 15.1. The van der Waals surface area contributed by atoms with Gasteiger partial charge in [-0.25, -0.2) is 0 Å². The summed E-state index contributed by atoms with van der Waals surface area (Å²) in [6.07, 6.45) is 0.734. The Hall–Kier alpha value is -1.43. The first-order valence-corrected chi connectivity index (χ1v) is 7.46. The summed E-state index contributed by atoms with van der Waals surface area (Å²) in [5, 5.41) is 3.40. The summed E-state index contributed by atoms with van der Waals surface area (Å²) in [4.78, 5) is 14.3. The van der Waals surface area contributed by atoms with E-state index in [9.17, 15) is 4.79 Å². The van der Waals surface area contributed by atoms with E-state index in [-0.39, 0.29) is 18.1 Å². The van der Waals surface area contributed by atoms with Gasteiger partial charge in [0.25, 0.3) is 0 Å². The molecule has 116 valence electrons. The van der Waals surface area contributed by atoms with Gasteiger partial charge in [0, 0.05) is 13.7 Å². The van der Waals surface area contributed by atoms with E-state index in [2.05, 4.69) is 5.32 Å². The Morgan fingerprint density at radius 1 is 1.19 bits per heavy atom. The zero-order valence-corrected chi connectivity index (χ0v) is 12.7. The molecule has 21 heavy (non-hydrogen) atoms. The number of rotatable bonds is 8. The fraction of sp³-hybridized carbons (Fsp3) is 0.562. The molecule has 1 N–H and O–H groups in total. The van der Waals surface area contributed by atoms with Crippen LogP contribution in [0.25, 0.3) is 0 Å². The molecule has 1 fully saturated rings. The highest BCUT2D eigenvalue weighted by molar-refractivity contribution is 5.84. The highest BCUT2D eigenvalue weighted by Gasteiger charge is 2.38. The third kappa shape index (κ3) is 4.03. The number of methoxy groups -OCH3 is 1. The average molecular weight is 292 g/mol. The lowest BCUT2D eigenvalue weighted by molar-refractivity contribution is -0.131. The predicted molar refractivity (Wildman–Crippen MR) is 80.8 cm³/mol. The highest BCUT2D eigenvalue weighted by Crippen LogP contribution is 2.25. The molecule has 1 amide bonds. The second-order valence-corrected chi connectivity index (χ2v) is 5.08. The van der Waals surface area contributed by atoms with Crippen molar-refractivity contribution in [2.45, 2.75) is 25.6 Å². The molecule has 0 spiro atoms. The number of nitrogens with one attached hydrogen (secondary N) is 1. The van der Waals surface area contributed by atoms with Crippen molar-refractivity contribution in [3.63, 3.8) is 0 Å². The van der Waals surface area contributed by atoms with Crippen molar-refractivity contribution in [2.75, 3.05) is 33.5 Å². The van der Waals surface area contributed by atoms with Gasteiger partial charge in [0.2, 0.25) is 5.91 Å². The SMILES string of the molecule is CCC1NC(c2ccccc2)N(CCOCCOC)C1=O. The van der Waals surface area contributed by atoms with Crippen LogP contribution in [0.3, 0.4) is 0 Å². The number of hydrogen-bond donors (Lipinski definition) is 1. The topological polar surface area (TPSA) is 50.8 Å². The molecule has 1 heterocycles.